The first kappa shape index (κ1) is 12.6. The third-order valence-electron chi connectivity index (χ3n) is 2.47. The molecule has 0 heterocycles. The van der Waals surface area contributed by atoms with Crippen LogP contribution in [0.1, 0.15) is 18.9 Å². The number of nitrogens with one attached hydrogen (secondary N) is 1. The topological polar surface area (TPSA) is 21.3 Å². The molecule has 0 aliphatic carbocycles. The molecule has 0 aliphatic heterocycles. The average molecular weight is 217 g/mol. The van der Waals surface area contributed by atoms with Crippen LogP contribution >= 0.6 is 0 Å². The van der Waals surface area contributed by atoms with E-state index >= 15 is 0 Å². The summed E-state index contributed by atoms with van der Waals surface area (Å²) in [6.07, 6.45) is 6.83. The average Bonchev–Trinajstić information content (AvgIpc) is 2.31. The summed E-state index contributed by atoms with van der Waals surface area (Å²) >= 11 is 0. The summed E-state index contributed by atoms with van der Waals surface area (Å²) < 4.78 is 5.47. The number of likely N-dealkylation sites (N-methyl/N-ethyl adjacent to an activating group) is 1. The predicted octanol–water partition coefficient (Wildman–Crippen LogP) is 2.24. The second-order valence-electron chi connectivity index (χ2n) is 3.84. The Labute approximate surface area is 98.0 Å². The fourth-order valence-corrected chi connectivity index (χ4v) is 1.41. The van der Waals surface area contributed by atoms with Gasteiger partial charge in [0.25, 0.3) is 0 Å². The van der Waals surface area contributed by atoms with Crippen molar-refractivity contribution in [3.05, 3.63) is 29.8 Å². The molecule has 0 amide bonds. The van der Waals surface area contributed by atoms with Crippen molar-refractivity contribution < 1.29 is 4.74 Å². The van der Waals surface area contributed by atoms with Crippen molar-refractivity contribution in [1.82, 2.24) is 5.32 Å². The number of hydrogen-bond donors (Lipinski definition) is 1. The van der Waals surface area contributed by atoms with E-state index in [0.29, 0.717) is 19.1 Å². The van der Waals surface area contributed by atoms with E-state index in [-0.39, 0.29) is 0 Å². The van der Waals surface area contributed by atoms with Gasteiger partial charge in [0.1, 0.15) is 5.75 Å². The first-order valence-corrected chi connectivity index (χ1v) is 5.58. The van der Waals surface area contributed by atoms with Crippen LogP contribution in [-0.4, -0.2) is 19.7 Å². The van der Waals surface area contributed by atoms with Gasteiger partial charge in [-0.1, -0.05) is 12.1 Å². The molecule has 0 aromatic heterocycles. The number of benzene rings is 1. The molecule has 0 saturated heterocycles. The van der Waals surface area contributed by atoms with Gasteiger partial charge < -0.3 is 10.1 Å². The standard InChI is InChI=1S/C14H19NO/c1-4-5-10-16-14-8-6-13(7-9-14)11-12(2)15-3/h1,6-9,12,15H,5,10-11H2,2-3H3. The van der Waals surface area contributed by atoms with Crippen LogP contribution in [0.3, 0.4) is 0 Å². The second kappa shape index (κ2) is 6.92. The van der Waals surface area contributed by atoms with Gasteiger partial charge in [0.2, 0.25) is 0 Å². The first-order valence-electron chi connectivity index (χ1n) is 5.58. The molecule has 1 atom stereocenters. The minimum atomic E-state index is 0.494. The highest BCUT2D eigenvalue weighted by atomic mass is 16.5. The van der Waals surface area contributed by atoms with E-state index in [2.05, 4.69) is 30.3 Å². The largest absolute Gasteiger partial charge is 0.493 e. The lowest BCUT2D eigenvalue weighted by atomic mass is 10.1. The molecular weight excluding hydrogens is 198 g/mol. The summed E-state index contributed by atoms with van der Waals surface area (Å²) in [5.41, 5.74) is 1.31. The zero-order valence-corrected chi connectivity index (χ0v) is 9.99. The maximum atomic E-state index is 5.47. The van der Waals surface area contributed by atoms with Gasteiger partial charge >= 0.3 is 0 Å². The van der Waals surface area contributed by atoms with Crippen LogP contribution in [0.15, 0.2) is 24.3 Å². The third kappa shape index (κ3) is 4.37. The molecule has 1 rings (SSSR count). The maximum Gasteiger partial charge on any atom is 0.119 e. The fraction of sp³-hybridized carbons (Fsp3) is 0.429. The molecule has 2 nitrogen and oxygen atoms in total. The van der Waals surface area contributed by atoms with E-state index < -0.39 is 0 Å². The molecule has 1 unspecified atom stereocenters. The summed E-state index contributed by atoms with van der Waals surface area (Å²) in [6.45, 7) is 2.75. The van der Waals surface area contributed by atoms with E-state index in [1.54, 1.807) is 0 Å². The minimum Gasteiger partial charge on any atom is -0.493 e. The Morgan fingerprint density at radius 3 is 2.62 bits per heavy atom. The van der Waals surface area contributed by atoms with Gasteiger partial charge in [-0.25, -0.2) is 0 Å². The Balaban J connectivity index is 2.45. The van der Waals surface area contributed by atoms with Crippen LogP contribution in [0.2, 0.25) is 0 Å². The lowest BCUT2D eigenvalue weighted by Gasteiger charge is -2.10. The van der Waals surface area contributed by atoms with Gasteiger partial charge in [0, 0.05) is 12.5 Å². The maximum absolute atomic E-state index is 5.47. The molecule has 1 N–H and O–H groups in total. The van der Waals surface area contributed by atoms with Crippen molar-refractivity contribution in [3.63, 3.8) is 0 Å². The predicted molar refractivity (Wildman–Crippen MR) is 67.6 cm³/mol. The summed E-state index contributed by atoms with van der Waals surface area (Å²) in [4.78, 5) is 0. The zero-order valence-electron chi connectivity index (χ0n) is 9.99. The minimum absolute atomic E-state index is 0.494. The van der Waals surface area contributed by atoms with E-state index in [9.17, 15) is 0 Å². The van der Waals surface area contributed by atoms with E-state index in [4.69, 9.17) is 11.2 Å². The SMILES string of the molecule is C#CCCOc1ccc(CC(C)NC)cc1. The molecule has 0 bridgehead atoms. The smallest absolute Gasteiger partial charge is 0.119 e. The van der Waals surface area contributed by atoms with E-state index in [1.807, 2.05) is 19.2 Å². The Morgan fingerprint density at radius 1 is 1.38 bits per heavy atom. The van der Waals surface area contributed by atoms with Crippen molar-refractivity contribution in [3.8, 4) is 18.1 Å². The zero-order chi connectivity index (χ0) is 11.8. The molecule has 0 spiro atoms. The Hall–Kier alpha value is -1.46. The second-order valence-corrected chi connectivity index (χ2v) is 3.84. The number of rotatable bonds is 6. The molecule has 0 saturated carbocycles. The Morgan fingerprint density at radius 2 is 2.06 bits per heavy atom. The van der Waals surface area contributed by atoms with Crippen LogP contribution < -0.4 is 10.1 Å². The molecule has 0 aliphatic rings. The quantitative estimate of drug-likeness (QED) is 0.583. The Bertz CT molecular complexity index is 337. The van der Waals surface area contributed by atoms with E-state index in [1.165, 1.54) is 5.56 Å². The van der Waals surface area contributed by atoms with Gasteiger partial charge in [-0.05, 0) is 38.1 Å². The molecule has 86 valence electrons. The summed E-state index contributed by atoms with van der Waals surface area (Å²) in [5, 5.41) is 3.22. The lowest BCUT2D eigenvalue weighted by Crippen LogP contribution is -2.23. The van der Waals surface area contributed by atoms with Crippen molar-refractivity contribution in [1.29, 1.82) is 0 Å². The van der Waals surface area contributed by atoms with Crippen LogP contribution in [0.5, 0.6) is 5.75 Å². The van der Waals surface area contributed by atoms with Gasteiger partial charge in [0.05, 0.1) is 6.61 Å². The highest BCUT2D eigenvalue weighted by molar-refractivity contribution is 5.27. The van der Waals surface area contributed by atoms with Gasteiger partial charge in [-0.2, -0.15) is 0 Å². The number of terminal acetylenes is 1. The number of hydrogen-bond acceptors (Lipinski definition) is 2. The highest BCUT2D eigenvalue weighted by Gasteiger charge is 2.00. The molecule has 0 radical (unpaired) electrons. The van der Waals surface area contributed by atoms with Gasteiger partial charge in [0.15, 0.2) is 0 Å². The van der Waals surface area contributed by atoms with Crippen molar-refractivity contribution in [2.45, 2.75) is 25.8 Å². The third-order valence-corrected chi connectivity index (χ3v) is 2.47. The van der Waals surface area contributed by atoms with E-state index in [0.717, 1.165) is 12.2 Å². The molecule has 1 aromatic carbocycles. The Kier molecular flexibility index (Phi) is 5.45. The highest BCUT2D eigenvalue weighted by Crippen LogP contribution is 2.13. The summed E-state index contributed by atoms with van der Waals surface area (Å²) in [7, 11) is 1.97. The fourth-order valence-electron chi connectivity index (χ4n) is 1.41. The summed E-state index contributed by atoms with van der Waals surface area (Å²) in [5.74, 6) is 3.44. The van der Waals surface area contributed by atoms with Gasteiger partial charge in [-0.15, -0.1) is 12.3 Å². The monoisotopic (exact) mass is 217 g/mol. The number of ether oxygens (including phenoxy) is 1. The molecular formula is C14H19NO. The van der Waals surface area contributed by atoms with Crippen molar-refractivity contribution in [2.24, 2.45) is 0 Å². The van der Waals surface area contributed by atoms with Crippen LogP contribution in [0.25, 0.3) is 0 Å². The molecule has 2 heteroatoms. The van der Waals surface area contributed by atoms with Crippen molar-refractivity contribution >= 4 is 0 Å². The lowest BCUT2D eigenvalue weighted by molar-refractivity contribution is 0.327. The molecule has 0 fully saturated rings. The normalized spacial score (nSPS) is 11.8. The first-order chi connectivity index (χ1) is 7.76. The van der Waals surface area contributed by atoms with Crippen LogP contribution in [0.4, 0.5) is 0 Å². The van der Waals surface area contributed by atoms with Crippen LogP contribution in [-0.2, 0) is 6.42 Å². The van der Waals surface area contributed by atoms with Gasteiger partial charge in [-0.3, -0.25) is 0 Å². The summed E-state index contributed by atoms with van der Waals surface area (Å²) in [6, 6.07) is 8.67. The van der Waals surface area contributed by atoms with Crippen molar-refractivity contribution in [2.75, 3.05) is 13.7 Å². The van der Waals surface area contributed by atoms with Crippen LogP contribution in [0, 0.1) is 12.3 Å². The molecule has 16 heavy (non-hydrogen) atoms. The molecule has 1 aromatic rings.